The Kier molecular flexibility index (Phi) is 2.98. The van der Waals surface area contributed by atoms with Crippen LogP contribution < -0.4 is 0 Å². The molecule has 1 aromatic heterocycles. The molecule has 0 saturated carbocycles. The first-order chi connectivity index (χ1) is 8.97. The number of hydrogen-bond donors (Lipinski definition) is 0. The molecule has 0 aromatic carbocycles. The first kappa shape index (κ1) is 13.1. The lowest BCUT2D eigenvalue weighted by Crippen LogP contribution is -2.56. The molecule has 1 spiro atoms. The van der Waals surface area contributed by atoms with Crippen LogP contribution in [-0.4, -0.2) is 28.6 Å². The molecule has 19 heavy (non-hydrogen) atoms. The maximum atomic E-state index is 6.64. The van der Waals surface area contributed by atoms with E-state index in [1.165, 1.54) is 11.3 Å². The van der Waals surface area contributed by atoms with Gasteiger partial charge < -0.3 is 9.47 Å². The van der Waals surface area contributed by atoms with Crippen LogP contribution in [-0.2, 0) is 21.6 Å². The quantitative estimate of drug-likeness (QED) is 0.782. The summed E-state index contributed by atoms with van der Waals surface area (Å²) in [4.78, 5) is 0. The number of hydrogen-bond acceptors (Lipinski definition) is 3. The zero-order valence-corrected chi connectivity index (χ0v) is 12.4. The molecule has 0 aliphatic carbocycles. The summed E-state index contributed by atoms with van der Waals surface area (Å²) in [6.07, 6.45) is 4.10. The highest BCUT2D eigenvalue weighted by atomic mass is 16.6. The number of nitrogens with zero attached hydrogens (tertiary/aromatic N) is 2. The number of fused-ring (bicyclic) bond motifs is 1. The van der Waals surface area contributed by atoms with Gasteiger partial charge in [0.2, 0.25) is 0 Å². The van der Waals surface area contributed by atoms with E-state index in [1.807, 2.05) is 6.20 Å². The van der Waals surface area contributed by atoms with Gasteiger partial charge in [0.25, 0.3) is 0 Å². The maximum absolute atomic E-state index is 6.64. The molecule has 2 atom stereocenters. The van der Waals surface area contributed by atoms with Crippen molar-refractivity contribution in [3.8, 4) is 0 Å². The Hall–Kier alpha value is -0.870. The van der Waals surface area contributed by atoms with Gasteiger partial charge in [-0.1, -0.05) is 13.8 Å². The number of aromatic nitrogens is 2. The zero-order chi connectivity index (χ0) is 13.7. The molecule has 1 aromatic rings. The molecule has 3 rings (SSSR count). The van der Waals surface area contributed by atoms with Gasteiger partial charge in [-0.15, -0.1) is 0 Å². The molecule has 1 fully saturated rings. The van der Waals surface area contributed by atoms with Crippen LogP contribution in [0, 0.1) is 12.8 Å². The fourth-order valence-corrected chi connectivity index (χ4v) is 3.47. The summed E-state index contributed by atoms with van der Waals surface area (Å²) in [6, 6.07) is 0. The fraction of sp³-hybridized carbons (Fsp3) is 0.800. The second kappa shape index (κ2) is 4.32. The first-order valence-corrected chi connectivity index (χ1v) is 7.28. The molecule has 0 bridgehead atoms. The monoisotopic (exact) mass is 264 g/mol. The van der Waals surface area contributed by atoms with Gasteiger partial charge in [0.1, 0.15) is 11.2 Å². The van der Waals surface area contributed by atoms with Gasteiger partial charge in [0.05, 0.1) is 25.0 Å². The predicted octanol–water partition coefficient (Wildman–Crippen LogP) is 2.64. The molecular formula is C15H24N2O2. The molecule has 2 unspecified atom stereocenters. The minimum Gasteiger partial charge on any atom is -0.378 e. The molecule has 106 valence electrons. The average Bonchev–Trinajstić information content (AvgIpc) is 2.71. The van der Waals surface area contributed by atoms with Crippen molar-refractivity contribution >= 4 is 0 Å². The van der Waals surface area contributed by atoms with Gasteiger partial charge in [0, 0.05) is 6.61 Å². The van der Waals surface area contributed by atoms with Gasteiger partial charge in [-0.25, -0.2) is 0 Å². The van der Waals surface area contributed by atoms with Gasteiger partial charge in [-0.3, -0.25) is 4.68 Å². The largest absolute Gasteiger partial charge is 0.378 e. The molecule has 0 amide bonds. The molecule has 0 radical (unpaired) electrons. The summed E-state index contributed by atoms with van der Waals surface area (Å²) in [5.74, 6) is 0.403. The highest BCUT2D eigenvalue weighted by molar-refractivity contribution is 5.25. The minimum absolute atomic E-state index is 0.192. The van der Waals surface area contributed by atoms with Crippen LogP contribution in [0.5, 0.6) is 0 Å². The lowest BCUT2D eigenvalue weighted by atomic mass is 9.82. The van der Waals surface area contributed by atoms with E-state index in [1.54, 1.807) is 0 Å². The van der Waals surface area contributed by atoms with E-state index in [9.17, 15) is 0 Å². The molecule has 4 heteroatoms. The van der Waals surface area contributed by atoms with Crippen LogP contribution in [0.25, 0.3) is 0 Å². The van der Waals surface area contributed by atoms with Crippen molar-refractivity contribution in [1.29, 1.82) is 0 Å². The Balaban J connectivity index is 2.06. The highest BCUT2D eigenvalue weighted by Crippen LogP contribution is 2.45. The maximum Gasteiger partial charge on any atom is 0.112 e. The third-order valence-corrected chi connectivity index (χ3v) is 4.75. The van der Waals surface area contributed by atoms with E-state index in [-0.39, 0.29) is 11.2 Å². The van der Waals surface area contributed by atoms with Crippen molar-refractivity contribution < 1.29 is 9.47 Å². The average molecular weight is 264 g/mol. The van der Waals surface area contributed by atoms with E-state index < -0.39 is 0 Å². The van der Waals surface area contributed by atoms with Crippen molar-refractivity contribution in [2.45, 2.75) is 58.3 Å². The van der Waals surface area contributed by atoms with Crippen molar-refractivity contribution in [2.24, 2.45) is 5.92 Å². The Bertz CT molecular complexity index is 474. The van der Waals surface area contributed by atoms with Gasteiger partial charge in [-0.2, -0.15) is 5.10 Å². The van der Waals surface area contributed by atoms with Crippen LogP contribution in [0.15, 0.2) is 6.20 Å². The lowest BCUT2D eigenvalue weighted by molar-refractivity contribution is -0.239. The van der Waals surface area contributed by atoms with Crippen LogP contribution in [0.1, 0.15) is 44.9 Å². The molecule has 4 nitrogen and oxygen atoms in total. The predicted molar refractivity (Wildman–Crippen MR) is 73.0 cm³/mol. The smallest absolute Gasteiger partial charge is 0.112 e. The Morgan fingerprint density at radius 3 is 2.84 bits per heavy atom. The van der Waals surface area contributed by atoms with E-state index >= 15 is 0 Å². The molecule has 1 saturated heterocycles. The van der Waals surface area contributed by atoms with E-state index in [0.29, 0.717) is 12.5 Å². The molecule has 0 N–H and O–H groups in total. The topological polar surface area (TPSA) is 36.3 Å². The Morgan fingerprint density at radius 2 is 2.21 bits per heavy atom. The molecular weight excluding hydrogens is 240 g/mol. The van der Waals surface area contributed by atoms with E-state index in [4.69, 9.17) is 9.47 Å². The zero-order valence-electron chi connectivity index (χ0n) is 12.4. The fourth-order valence-electron chi connectivity index (χ4n) is 3.47. The van der Waals surface area contributed by atoms with Crippen LogP contribution in [0.2, 0.25) is 0 Å². The third-order valence-electron chi connectivity index (χ3n) is 4.75. The van der Waals surface area contributed by atoms with Gasteiger partial charge in [0.15, 0.2) is 0 Å². The van der Waals surface area contributed by atoms with Crippen molar-refractivity contribution in [3.05, 3.63) is 17.5 Å². The summed E-state index contributed by atoms with van der Waals surface area (Å²) in [6.45, 7) is 11.1. The van der Waals surface area contributed by atoms with Crippen LogP contribution in [0.4, 0.5) is 0 Å². The molecule has 2 aliphatic heterocycles. The Labute approximate surface area is 115 Å². The summed E-state index contributed by atoms with van der Waals surface area (Å²) in [7, 11) is 0. The van der Waals surface area contributed by atoms with Crippen LogP contribution in [0.3, 0.4) is 0 Å². The molecule has 3 heterocycles. The summed E-state index contributed by atoms with van der Waals surface area (Å²) >= 11 is 0. The highest BCUT2D eigenvalue weighted by Gasteiger charge is 2.50. The SMILES string of the molecule is Cc1cnn2c1C(C)(C(C)C)OC1(CCCOC1)C2. The van der Waals surface area contributed by atoms with Crippen LogP contribution >= 0.6 is 0 Å². The standard InChI is InChI=1S/C15H24N2O2/c1-11(2)14(4)13-12(3)8-16-17(13)9-15(19-14)6-5-7-18-10-15/h8,11H,5-7,9-10H2,1-4H3. The minimum atomic E-state index is -0.278. The van der Waals surface area contributed by atoms with Gasteiger partial charge in [-0.05, 0) is 38.2 Å². The van der Waals surface area contributed by atoms with Crippen molar-refractivity contribution in [3.63, 3.8) is 0 Å². The van der Waals surface area contributed by atoms with E-state index in [0.717, 1.165) is 26.0 Å². The van der Waals surface area contributed by atoms with Gasteiger partial charge >= 0.3 is 0 Å². The number of ether oxygens (including phenoxy) is 2. The van der Waals surface area contributed by atoms with Crippen molar-refractivity contribution in [2.75, 3.05) is 13.2 Å². The summed E-state index contributed by atoms with van der Waals surface area (Å²) in [5, 5.41) is 4.56. The first-order valence-electron chi connectivity index (χ1n) is 7.28. The second-order valence-electron chi connectivity index (χ2n) is 6.54. The normalized spacial score (nSPS) is 34.8. The number of rotatable bonds is 1. The second-order valence-corrected chi connectivity index (χ2v) is 6.54. The Morgan fingerprint density at radius 1 is 1.42 bits per heavy atom. The van der Waals surface area contributed by atoms with E-state index in [2.05, 4.69) is 37.5 Å². The summed E-state index contributed by atoms with van der Waals surface area (Å²) < 4.78 is 14.5. The lowest BCUT2D eigenvalue weighted by Gasteiger charge is -2.50. The summed E-state index contributed by atoms with van der Waals surface area (Å²) in [5.41, 5.74) is 1.99. The third kappa shape index (κ3) is 1.93. The molecule has 2 aliphatic rings. The number of aryl methyl sites for hydroxylation is 1. The van der Waals surface area contributed by atoms with Crippen molar-refractivity contribution in [1.82, 2.24) is 9.78 Å².